The van der Waals surface area contributed by atoms with Crippen LogP contribution in [0, 0.1) is 0 Å². The fraction of sp³-hybridized carbons (Fsp3) is 0.222. The second kappa shape index (κ2) is 9.32. The SMILES string of the molecule is CO/N=C(\C(=O)OC)c1ccccc1C(Cl)Oc1ccc(OC(F)(F)F)cc1. The van der Waals surface area contributed by atoms with Gasteiger partial charge in [-0.1, -0.05) is 41.0 Å². The van der Waals surface area contributed by atoms with Crippen molar-refractivity contribution in [1.82, 2.24) is 0 Å². The van der Waals surface area contributed by atoms with Crippen molar-refractivity contribution in [3.05, 3.63) is 59.7 Å². The first-order valence-corrected chi connectivity index (χ1v) is 8.14. The highest BCUT2D eigenvalue weighted by molar-refractivity contribution is 6.43. The van der Waals surface area contributed by atoms with Crippen LogP contribution in [0.15, 0.2) is 53.7 Å². The number of hydrogen-bond acceptors (Lipinski definition) is 6. The van der Waals surface area contributed by atoms with Gasteiger partial charge >= 0.3 is 12.3 Å². The molecule has 150 valence electrons. The molecule has 0 heterocycles. The topological polar surface area (TPSA) is 66.4 Å². The van der Waals surface area contributed by atoms with Crippen LogP contribution in [0.5, 0.6) is 11.5 Å². The second-order valence-corrected chi connectivity index (χ2v) is 5.55. The number of benzene rings is 2. The standard InChI is InChI=1S/C18H15ClF3NO5/c1-25-17(24)15(23-26-2)13-5-3-4-6-14(13)16(19)27-11-7-9-12(10-8-11)28-18(20,21)22/h3-10,16H,1-2H3/b23-15-. The van der Waals surface area contributed by atoms with Crippen molar-refractivity contribution < 1.29 is 37.0 Å². The molecule has 0 aliphatic carbocycles. The van der Waals surface area contributed by atoms with E-state index in [0.717, 1.165) is 12.1 Å². The Morgan fingerprint density at radius 1 is 1.04 bits per heavy atom. The van der Waals surface area contributed by atoms with Gasteiger partial charge in [-0.3, -0.25) is 0 Å². The zero-order chi connectivity index (χ0) is 20.7. The normalized spacial score (nSPS) is 12.9. The summed E-state index contributed by atoms with van der Waals surface area (Å²) in [4.78, 5) is 16.6. The predicted molar refractivity (Wildman–Crippen MR) is 94.4 cm³/mol. The molecular formula is C18H15ClF3NO5. The molecule has 0 saturated heterocycles. The van der Waals surface area contributed by atoms with Crippen molar-refractivity contribution in [3.63, 3.8) is 0 Å². The van der Waals surface area contributed by atoms with Crippen LogP contribution in [0.4, 0.5) is 13.2 Å². The summed E-state index contributed by atoms with van der Waals surface area (Å²) < 4.78 is 50.7. The number of hydrogen-bond donors (Lipinski definition) is 0. The van der Waals surface area contributed by atoms with E-state index in [4.69, 9.17) is 16.3 Å². The number of halogens is 4. The van der Waals surface area contributed by atoms with Crippen molar-refractivity contribution in [3.8, 4) is 11.5 Å². The molecule has 0 fully saturated rings. The van der Waals surface area contributed by atoms with E-state index in [1.54, 1.807) is 24.3 Å². The van der Waals surface area contributed by atoms with Crippen LogP contribution in [0.1, 0.15) is 16.7 Å². The molecule has 28 heavy (non-hydrogen) atoms. The maximum absolute atomic E-state index is 12.2. The van der Waals surface area contributed by atoms with E-state index in [-0.39, 0.29) is 11.5 Å². The van der Waals surface area contributed by atoms with E-state index in [0.29, 0.717) is 11.1 Å². The lowest BCUT2D eigenvalue weighted by molar-refractivity contribution is -0.274. The van der Waals surface area contributed by atoms with Crippen molar-refractivity contribution in [2.75, 3.05) is 14.2 Å². The lowest BCUT2D eigenvalue weighted by Gasteiger charge is -2.17. The Balaban J connectivity index is 2.24. The Bertz CT molecular complexity index is 840. The van der Waals surface area contributed by atoms with Crippen LogP contribution in [-0.2, 0) is 14.4 Å². The van der Waals surface area contributed by atoms with Gasteiger partial charge in [0.2, 0.25) is 0 Å². The number of esters is 1. The molecule has 0 saturated carbocycles. The zero-order valence-electron chi connectivity index (χ0n) is 14.7. The molecular weight excluding hydrogens is 403 g/mol. The van der Waals surface area contributed by atoms with Crippen molar-refractivity contribution in [2.24, 2.45) is 5.16 Å². The monoisotopic (exact) mass is 417 g/mol. The molecule has 2 aromatic rings. The number of oxime groups is 1. The number of carbonyl (C=O) groups is 1. The van der Waals surface area contributed by atoms with Crippen LogP contribution < -0.4 is 9.47 Å². The van der Waals surface area contributed by atoms with Crippen LogP contribution in [0.3, 0.4) is 0 Å². The molecule has 0 aliphatic rings. The highest BCUT2D eigenvalue weighted by atomic mass is 35.5. The molecule has 0 bridgehead atoms. The predicted octanol–water partition coefficient (Wildman–Crippen LogP) is 4.43. The van der Waals surface area contributed by atoms with E-state index < -0.39 is 23.6 Å². The first kappa shape index (κ1) is 21.4. The summed E-state index contributed by atoms with van der Waals surface area (Å²) in [7, 11) is 2.46. The Labute approximate surface area is 163 Å². The summed E-state index contributed by atoms with van der Waals surface area (Å²) in [5.41, 5.74) is -0.518. The smallest absolute Gasteiger partial charge is 0.470 e. The lowest BCUT2D eigenvalue weighted by atomic mass is 10.0. The van der Waals surface area contributed by atoms with E-state index in [1.807, 2.05) is 0 Å². The van der Waals surface area contributed by atoms with Gasteiger partial charge in [0, 0.05) is 11.1 Å². The largest absolute Gasteiger partial charge is 0.573 e. The maximum Gasteiger partial charge on any atom is 0.573 e. The van der Waals surface area contributed by atoms with Gasteiger partial charge in [0.1, 0.15) is 18.6 Å². The third-order valence-electron chi connectivity index (χ3n) is 3.32. The minimum absolute atomic E-state index is 0.122. The van der Waals surface area contributed by atoms with Crippen molar-refractivity contribution in [1.29, 1.82) is 0 Å². The number of alkyl halides is 4. The van der Waals surface area contributed by atoms with E-state index in [2.05, 4.69) is 19.5 Å². The van der Waals surface area contributed by atoms with Gasteiger partial charge in [-0.25, -0.2) is 4.79 Å². The van der Waals surface area contributed by atoms with Crippen LogP contribution in [0.25, 0.3) is 0 Å². The average Bonchev–Trinajstić information content (AvgIpc) is 2.66. The fourth-order valence-electron chi connectivity index (χ4n) is 2.20. The molecule has 0 aromatic heterocycles. The Hall–Kier alpha value is -2.94. The molecule has 0 radical (unpaired) electrons. The van der Waals surface area contributed by atoms with Crippen LogP contribution in [-0.4, -0.2) is 32.3 Å². The minimum Gasteiger partial charge on any atom is -0.470 e. The van der Waals surface area contributed by atoms with Crippen LogP contribution >= 0.6 is 11.6 Å². The molecule has 1 unspecified atom stereocenters. The molecule has 0 spiro atoms. The summed E-state index contributed by atoms with van der Waals surface area (Å²) in [6.07, 6.45) is -4.79. The fourth-order valence-corrected chi connectivity index (χ4v) is 2.49. The van der Waals surface area contributed by atoms with Gasteiger partial charge < -0.3 is 19.0 Å². The van der Waals surface area contributed by atoms with E-state index in [1.165, 1.54) is 26.4 Å². The summed E-state index contributed by atoms with van der Waals surface area (Å²) in [6, 6.07) is 11.2. The van der Waals surface area contributed by atoms with Gasteiger partial charge in [-0.05, 0) is 24.3 Å². The van der Waals surface area contributed by atoms with Crippen LogP contribution in [0.2, 0.25) is 0 Å². The number of ether oxygens (including phenoxy) is 3. The Kier molecular flexibility index (Phi) is 7.11. The summed E-state index contributed by atoms with van der Waals surface area (Å²) in [5, 5.41) is 3.67. The Morgan fingerprint density at radius 3 is 2.21 bits per heavy atom. The molecule has 1 atom stereocenters. The lowest BCUT2D eigenvalue weighted by Crippen LogP contribution is -2.20. The third kappa shape index (κ3) is 5.78. The number of methoxy groups -OCH3 is 1. The van der Waals surface area contributed by atoms with Crippen molar-refractivity contribution in [2.45, 2.75) is 11.9 Å². The molecule has 0 amide bonds. The van der Waals surface area contributed by atoms with Gasteiger partial charge in [0.25, 0.3) is 0 Å². The minimum atomic E-state index is -4.79. The molecule has 2 aromatic carbocycles. The van der Waals surface area contributed by atoms with Crippen molar-refractivity contribution >= 4 is 23.3 Å². The summed E-state index contributed by atoms with van der Waals surface area (Å²) in [6.45, 7) is 0. The molecule has 0 aliphatic heterocycles. The van der Waals surface area contributed by atoms with Gasteiger partial charge in [0.15, 0.2) is 11.3 Å². The quantitative estimate of drug-likeness (QED) is 0.289. The van der Waals surface area contributed by atoms with Gasteiger partial charge in [-0.2, -0.15) is 0 Å². The zero-order valence-corrected chi connectivity index (χ0v) is 15.5. The van der Waals surface area contributed by atoms with Gasteiger partial charge in [-0.15, -0.1) is 13.2 Å². The maximum atomic E-state index is 12.2. The third-order valence-corrected chi connectivity index (χ3v) is 3.64. The molecule has 6 nitrogen and oxygen atoms in total. The van der Waals surface area contributed by atoms with E-state index in [9.17, 15) is 18.0 Å². The first-order chi connectivity index (χ1) is 13.2. The molecule has 10 heteroatoms. The number of nitrogens with zero attached hydrogens (tertiary/aromatic N) is 1. The van der Waals surface area contributed by atoms with E-state index >= 15 is 0 Å². The molecule has 2 rings (SSSR count). The highest BCUT2D eigenvalue weighted by Gasteiger charge is 2.31. The average molecular weight is 418 g/mol. The van der Waals surface area contributed by atoms with Gasteiger partial charge in [0.05, 0.1) is 7.11 Å². The number of carbonyl (C=O) groups excluding carboxylic acids is 1. The number of rotatable bonds is 7. The molecule has 0 N–H and O–H groups in total. The highest BCUT2D eigenvalue weighted by Crippen LogP contribution is 2.30. The second-order valence-electron chi connectivity index (χ2n) is 5.15. The summed E-state index contributed by atoms with van der Waals surface area (Å²) >= 11 is 6.30. The first-order valence-electron chi connectivity index (χ1n) is 7.70. The Morgan fingerprint density at radius 2 is 1.64 bits per heavy atom. The summed E-state index contributed by atoms with van der Waals surface area (Å²) in [5.74, 6) is -0.953.